The number of carboxylic acid groups (broad SMARTS) is 1. The molecule has 1 N–H and O–H groups in total. The van der Waals surface area contributed by atoms with Gasteiger partial charge in [0.1, 0.15) is 12.3 Å². The van der Waals surface area contributed by atoms with Crippen LogP contribution in [0.5, 0.6) is 5.75 Å². The van der Waals surface area contributed by atoms with Gasteiger partial charge in [-0.05, 0) is 25.5 Å². The molecule has 7 heteroatoms. The van der Waals surface area contributed by atoms with E-state index < -0.39 is 12.1 Å². The van der Waals surface area contributed by atoms with Gasteiger partial charge in [-0.2, -0.15) is 0 Å². The van der Waals surface area contributed by atoms with Crippen LogP contribution in [0.15, 0.2) is 24.3 Å². The van der Waals surface area contributed by atoms with Gasteiger partial charge in [-0.15, -0.1) is 0 Å². The van der Waals surface area contributed by atoms with Gasteiger partial charge in [0.15, 0.2) is 6.10 Å². The fraction of sp³-hybridized carbons (Fsp3) is 0.438. The highest BCUT2D eigenvalue weighted by molar-refractivity contribution is 6.03. The molecule has 1 heterocycles. The number of hydrogen-bond acceptors (Lipinski definition) is 4. The number of nitrogens with zero attached hydrogens (tertiary/aromatic N) is 2. The number of aliphatic carboxylic acids is 1. The molecular weight excluding hydrogens is 300 g/mol. The monoisotopic (exact) mass is 320 g/mol. The number of anilines is 1. The van der Waals surface area contributed by atoms with Gasteiger partial charge in [-0.25, -0.2) is 0 Å². The number of para-hydroxylation sites is 2. The molecule has 0 aromatic heterocycles. The summed E-state index contributed by atoms with van der Waals surface area (Å²) in [6, 6.07) is 7.07. The van der Waals surface area contributed by atoms with Gasteiger partial charge in [-0.1, -0.05) is 12.1 Å². The SMILES string of the molecule is CC1Oc2ccccc2N(CC(=O)N(C)CCCC(=O)O)C1=O. The molecule has 0 radical (unpaired) electrons. The zero-order chi connectivity index (χ0) is 17.0. The summed E-state index contributed by atoms with van der Waals surface area (Å²) in [5, 5.41) is 8.63. The zero-order valence-electron chi connectivity index (χ0n) is 13.2. The number of ether oxygens (including phenoxy) is 1. The Hall–Kier alpha value is -2.57. The van der Waals surface area contributed by atoms with Gasteiger partial charge in [-0.3, -0.25) is 19.3 Å². The van der Waals surface area contributed by atoms with Crippen LogP contribution in [-0.4, -0.2) is 54.0 Å². The predicted molar refractivity (Wildman–Crippen MR) is 83.4 cm³/mol. The lowest BCUT2D eigenvalue weighted by molar-refractivity contribution is -0.137. The van der Waals surface area contributed by atoms with Crippen LogP contribution >= 0.6 is 0 Å². The lowest BCUT2D eigenvalue weighted by atomic mass is 10.2. The molecule has 0 aliphatic carbocycles. The number of fused-ring (bicyclic) bond motifs is 1. The van der Waals surface area contributed by atoms with E-state index in [0.29, 0.717) is 24.4 Å². The van der Waals surface area contributed by atoms with Gasteiger partial charge < -0.3 is 14.7 Å². The summed E-state index contributed by atoms with van der Waals surface area (Å²) in [5.74, 6) is -0.832. The van der Waals surface area contributed by atoms with Crippen molar-refractivity contribution in [1.82, 2.24) is 4.90 Å². The second-order valence-corrected chi connectivity index (χ2v) is 5.46. The molecule has 2 rings (SSSR count). The largest absolute Gasteiger partial charge is 0.481 e. The van der Waals surface area contributed by atoms with E-state index >= 15 is 0 Å². The Morgan fingerprint density at radius 2 is 2.04 bits per heavy atom. The first kappa shape index (κ1) is 16.8. The summed E-state index contributed by atoms with van der Waals surface area (Å²) in [5.41, 5.74) is 0.572. The molecule has 0 bridgehead atoms. The van der Waals surface area contributed by atoms with Gasteiger partial charge in [0, 0.05) is 20.0 Å². The van der Waals surface area contributed by atoms with Crippen LogP contribution in [-0.2, 0) is 14.4 Å². The van der Waals surface area contributed by atoms with E-state index in [0.717, 1.165) is 0 Å². The first-order valence-electron chi connectivity index (χ1n) is 7.43. The van der Waals surface area contributed by atoms with Gasteiger partial charge >= 0.3 is 5.97 Å². The van der Waals surface area contributed by atoms with Crippen molar-refractivity contribution in [2.45, 2.75) is 25.9 Å². The van der Waals surface area contributed by atoms with Crippen LogP contribution in [0, 0.1) is 0 Å². The lowest BCUT2D eigenvalue weighted by Gasteiger charge is -2.33. The van der Waals surface area contributed by atoms with Crippen molar-refractivity contribution in [3.05, 3.63) is 24.3 Å². The maximum atomic E-state index is 12.3. The first-order chi connectivity index (χ1) is 10.9. The minimum absolute atomic E-state index is 0.00791. The van der Waals surface area contributed by atoms with Gasteiger partial charge in [0.2, 0.25) is 5.91 Å². The normalized spacial score (nSPS) is 16.5. The maximum absolute atomic E-state index is 12.3. The quantitative estimate of drug-likeness (QED) is 0.849. The number of likely N-dealkylation sites (N-methyl/N-ethyl adjacent to an activating group) is 1. The Balaban J connectivity index is 2.04. The second-order valence-electron chi connectivity index (χ2n) is 5.46. The van der Waals surface area contributed by atoms with E-state index in [9.17, 15) is 14.4 Å². The Labute approximate surface area is 134 Å². The molecule has 1 aromatic rings. The summed E-state index contributed by atoms with van der Waals surface area (Å²) >= 11 is 0. The number of carboxylic acids is 1. The molecule has 0 saturated heterocycles. The van der Waals surface area contributed by atoms with Gasteiger partial charge in [0.25, 0.3) is 5.91 Å². The predicted octanol–water partition coefficient (Wildman–Crippen LogP) is 1.12. The number of benzene rings is 1. The van der Waals surface area contributed by atoms with Crippen LogP contribution in [0.25, 0.3) is 0 Å². The van der Waals surface area contributed by atoms with Crippen molar-refractivity contribution in [2.75, 3.05) is 25.0 Å². The summed E-state index contributed by atoms with van der Waals surface area (Å²) in [4.78, 5) is 38.0. The number of carbonyl (C=O) groups excluding carboxylic acids is 2. The average molecular weight is 320 g/mol. The number of rotatable bonds is 6. The van der Waals surface area contributed by atoms with E-state index in [-0.39, 0.29) is 24.8 Å². The summed E-state index contributed by atoms with van der Waals surface area (Å²) in [6.45, 7) is 1.89. The molecule has 1 aliphatic heterocycles. The highest BCUT2D eigenvalue weighted by Crippen LogP contribution is 2.33. The molecule has 0 spiro atoms. The van der Waals surface area contributed by atoms with Crippen molar-refractivity contribution in [2.24, 2.45) is 0 Å². The molecule has 0 saturated carbocycles. The van der Waals surface area contributed by atoms with E-state index in [1.807, 2.05) is 0 Å². The molecule has 1 aromatic carbocycles. The van der Waals surface area contributed by atoms with Gasteiger partial charge in [0.05, 0.1) is 5.69 Å². The highest BCUT2D eigenvalue weighted by Gasteiger charge is 2.32. The van der Waals surface area contributed by atoms with Crippen LogP contribution in [0.1, 0.15) is 19.8 Å². The Morgan fingerprint density at radius 1 is 1.35 bits per heavy atom. The van der Waals surface area contributed by atoms with E-state index in [2.05, 4.69) is 0 Å². The summed E-state index contributed by atoms with van der Waals surface area (Å²) < 4.78 is 5.53. The third-order valence-electron chi connectivity index (χ3n) is 3.68. The number of hydrogen-bond donors (Lipinski definition) is 1. The molecule has 1 atom stereocenters. The molecular formula is C16H20N2O5. The zero-order valence-corrected chi connectivity index (χ0v) is 13.2. The molecule has 124 valence electrons. The fourth-order valence-electron chi connectivity index (χ4n) is 2.37. The third kappa shape index (κ3) is 4.00. The molecule has 23 heavy (non-hydrogen) atoms. The molecule has 1 unspecified atom stereocenters. The lowest BCUT2D eigenvalue weighted by Crippen LogP contribution is -2.49. The fourth-order valence-corrected chi connectivity index (χ4v) is 2.37. The first-order valence-corrected chi connectivity index (χ1v) is 7.43. The molecule has 2 amide bonds. The Morgan fingerprint density at radius 3 is 2.74 bits per heavy atom. The van der Waals surface area contributed by atoms with E-state index in [4.69, 9.17) is 9.84 Å². The topological polar surface area (TPSA) is 87.2 Å². The smallest absolute Gasteiger partial charge is 0.303 e. The van der Waals surface area contributed by atoms with Crippen molar-refractivity contribution in [3.63, 3.8) is 0 Å². The average Bonchev–Trinajstić information content (AvgIpc) is 2.51. The van der Waals surface area contributed by atoms with Crippen molar-refractivity contribution in [3.8, 4) is 5.75 Å². The van der Waals surface area contributed by atoms with E-state index in [1.165, 1.54) is 9.80 Å². The minimum Gasteiger partial charge on any atom is -0.481 e. The van der Waals surface area contributed by atoms with Crippen molar-refractivity contribution in [1.29, 1.82) is 0 Å². The molecule has 1 aliphatic rings. The van der Waals surface area contributed by atoms with E-state index in [1.54, 1.807) is 38.2 Å². The summed E-state index contributed by atoms with van der Waals surface area (Å²) in [6.07, 6.45) is -0.259. The molecule has 7 nitrogen and oxygen atoms in total. The van der Waals surface area contributed by atoms with Crippen molar-refractivity contribution >= 4 is 23.5 Å². The number of carbonyl (C=O) groups is 3. The van der Waals surface area contributed by atoms with Crippen LogP contribution < -0.4 is 9.64 Å². The van der Waals surface area contributed by atoms with Crippen LogP contribution in [0.2, 0.25) is 0 Å². The highest BCUT2D eigenvalue weighted by atomic mass is 16.5. The van der Waals surface area contributed by atoms with Crippen LogP contribution in [0.4, 0.5) is 5.69 Å². The minimum atomic E-state index is -0.892. The standard InChI is InChI=1S/C16H20N2O5/c1-11-16(22)18(12-6-3-4-7-13(12)23-11)10-14(19)17(2)9-5-8-15(20)21/h3-4,6-7,11H,5,8-10H2,1-2H3,(H,20,21). The number of amides is 2. The third-order valence-corrected chi connectivity index (χ3v) is 3.68. The van der Waals surface area contributed by atoms with Crippen molar-refractivity contribution < 1.29 is 24.2 Å². The summed E-state index contributed by atoms with van der Waals surface area (Å²) in [7, 11) is 1.60. The maximum Gasteiger partial charge on any atom is 0.303 e. The molecule has 0 fully saturated rings. The second kappa shape index (κ2) is 7.13. The Bertz CT molecular complexity index is 616. The van der Waals surface area contributed by atoms with Crippen LogP contribution in [0.3, 0.4) is 0 Å². The Kier molecular flexibility index (Phi) is 5.20.